The van der Waals surface area contributed by atoms with E-state index in [1.807, 2.05) is 54.6 Å². The van der Waals surface area contributed by atoms with E-state index in [0.717, 1.165) is 35.9 Å². The third kappa shape index (κ3) is 3.29. The van der Waals surface area contributed by atoms with Crippen LogP contribution in [0.4, 0.5) is 5.69 Å². The second-order valence-corrected chi connectivity index (χ2v) is 6.79. The Morgan fingerprint density at radius 3 is 2.65 bits per heavy atom. The summed E-state index contributed by atoms with van der Waals surface area (Å²) in [5.74, 6) is 6.53. The van der Waals surface area contributed by atoms with E-state index in [-0.39, 0.29) is 0 Å². The lowest BCUT2D eigenvalue weighted by Gasteiger charge is -2.27. The number of allylic oxidation sites excluding steroid dienone is 1. The van der Waals surface area contributed by atoms with Crippen LogP contribution < -0.4 is 10.4 Å². The number of para-hydroxylation sites is 1. The molecule has 0 aromatic heterocycles. The predicted molar refractivity (Wildman–Crippen MR) is 108 cm³/mol. The first-order valence-corrected chi connectivity index (χ1v) is 9.08. The molecule has 0 amide bonds. The van der Waals surface area contributed by atoms with Crippen LogP contribution in [-0.2, 0) is 0 Å². The molecule has 2 aromatic rings. The van der Waals surface area contributed by atoms with Crippen molar-refractivity contribution in [2.24, 2.45) is 0 Å². The molecule has 1 saturated heterocycles. The molecule has 130 valence electrons. The van der Waals surface area contributed by atoms with Crippen LogP contribution in [0.25, 0.3) is 0 Å². The van der Waals surface area contributed by atoms with Gasteiger partial charge in [-0.05, 0) is 37.3 Å². The fourth-order valence-corrected chi connectivity index (χ4v) is 3.50. The van der Waals surface area contributed by atoms with Gasteiger partial charge < -0.3 is 4.90 Å². The molecule has 0 saturated carbocycles. The Balaban J connectivity index is 1.50. The quantitative estimate of drug-likeness (QED) is 0.809. The SMILES string of the molecule is CC1=C2CN(c3ccccc3Cl)NC2=CCN1CC#Cc1ccccc1. The van der Waals surface area contributed by atoms with Crippen molar-refractivity contribution in [3.05, 3.63) is 88.2 Å². The number of fused-ring (bicyclic) bond motifs is 1. The number of nitrogens with zero attached hydrogens (tertiary/aromatic N) is 2. The second kappa shape index (κ2) is 7.19. The summed E-state index contributed by atoms with van der Waals surface area (Å²) in [4.78, 5) is 2.31. The van der Waals surface area contributed by atoms with Gasteiger partial charge in [0.25, 0.3) is 0 Å². The van der Waals surface area contributed by atoms with Crippen molar-refractivity contribution in [1.29, 1.82) is 0 Å². The molecule has 0 radical (unpaired) electrons. The summed E-state index contributed by atoms with van der Waals surface area (Å²) >= 11 is 6.35. The van der Waals surface area contributed by atoms with E-state index >= 15 is 0 Å². The van der Waals surface area contributed by atoms with E-state index in [2.05, 4.69) is 40.2 Å². The highest BCUT2D eigenvalue weighted by Crippen LogP contribution is 2.32. The summed E-state index contributed by atoms with van der Waals surface area (Å²) in [5, 5.41) is 2.86. The number of hydrogen-bond acceptors (Lipinski definition) is 3. The lowest BCUT2D eigenvalue weighted by Crippen LogP contribution is -2.30. The average molecular weight is 362 g/mol. The van der Waals surface area contributed by atoms with Crippen LogP contribution in [0.3, 0.4) is 0 Å². The summed E-state index contributed by atoms with van der Waals surface area (Å²) in [6.07, 6.45) is 2.23. The maximum Gasteiger partial charge on any atom is 0.0798 e. The monoisotopic (exact) mass is 361 g/mol. The topological polar surface area (TPSA) is 18.5 Å². The van der Waals surface area contributed by atoms with E-state index in [1.165, 1.54) is 17.0 Å². The summed E-state index contributed by atoms with van der Waals surface area (Å²) < 4.78 is 0. The zero-order valence-electron chi connectivity index (χ0n) is 14.7. The molecule has 2 heterocycles. The second-order valence-electron chi connectivity index (χ2n) is 6.38. The molecular weight excluding hydrogens is 342 g/mol. The number of nitrogens with one attached hydrogen (secondary N) is 1. The number of anilines is 1. The van der Waals surface area contributed by atoms with Gasteiger partial charge in [-0.2, -0.15) is 0 Å². The highest BCUT2D eigenvalue weighted by atomic mass is 35.5. The molecule has 2 aliphatic heterocycles. The van der Waals surface area contributed by atoms with E-state index < -0.39 is 0 Å². The van der Waals surface area contributed by atoms with E-state index in [9.17, 15) is 0 Å². The van der Waals surface area contributed by atoms with Crippen molar-refractivity contribution in [2.75, 3.05) is 24.6 Å². The van der Waals surface area contributed by atoms with Crippen LogP contribution in [-0.4, -0.2) is 24.5 Å². The third-order valence-electron chi connectivity index (χ3n) is 4.74. The number of halogens is 1. The van der Waals surface area contributed by atoms with Crippen molar-refractivity contribution in [3.8, 4) is 11.8 Å². The zero-order chi connectivity index (χ0) is 17.9. The average Bonchev–Trinajstić information content (AvgIpc) is 3.10. The Morgan fingerprint density at radius 2 is 1.85 bits per heavy atom. The van der Waals surface area contributed by atoms with Crippen LogP contribution in [0.15, 0.2) is 77.6 Å². The van der Waals surface area contributed by atoms with E-state index in [1.54, 1.807) is 0 Å². The van der Waals surface area contributed by atoms with E-state index in [0.29, 0.717) is 0 Å². The summed E-state index contributed by atoms with van der Waals surface area (Å²) in [6, 6.07) is 18.0. The van der Waals surface area contributed by atoms with Crippen molar-refractivity contribution in [2.45, 2.75) is 6.92 Å². The third-order valence-corrected chi connectivity index (χ3v) is 5.06. The minimum atomic E-state index is 0.722. The van der Waals surface area contributed by atoms with Gasteiger partial charge in [0.05, 0.1) is 29.5 Å². The minimum Gasteiger partial charge on any atom is -0.360 e. The predicted octanol–water partition coefficient (Wildman–Crippen LogP) is 4.19. The molecule has 0 spiro atoms. The van der Waals surface area contributed by atoms with Crippen LogP contribution in [0, 0.1) is 11.8 Å². The van der Waals surface area contributed by atoms with Crippen LogP contribution in [0.2, 0.25) is 5.02 Å². The number of hydrazine groups is 1. The molecule has 1 N–H and O–H groups in total. The van der Waals surface area contributed by atoms with Gasteiger partial charge in [-0.25, -0.2) is 0 Å². The maximum absolute atomic E-state index is 6.35. The standard InChI is InChI=1S/C22H20ClN3/c1-17-19-16-26(22-12-6-5-11-20(22)23)24-21(19)13-15-25(17)14-7-10-18-8-3-2-4-9-18/h2-6,8-9,11-13,24H,14-16H2,1H3. The lowest BCUT2D eigenvalue weighted by molar-refractivity contribution is 0.417. The molecule has 1 fully saturated rings. The van der Waals surface area contributed by atoms with Gasteiger partial charge in [-0.1, -0.05) is 53.8 Å². The van der Waals surface area contributed by atoms with Crippen LogP contribution in [0.1, 0.15) is 12.5 Å². The molecule has 2 aliphatic rings. The van der Waals surface area contributed by atoms with Crippen molar-refractivity contribution >= 4 is 17.3 Å². The van der Waals surface area contributed by atoms with Crippen molar-refractivity contribution in [1.82, 2.24) is 10.3 Å². The Kier molecular flexibility index (Phi) is 4.60. The molecule has 0 bridgehead atoms. The Bertz CT molecular complexity index is 935. The minimum absolute atomic E-state index is 0.722. The molecule has 4 heteroatoms. The van der Waals surface area contributed by atoms with Gasteiger partial charge in [-0.3, -0.25) is 10.4 Å². The first kappa shape index (κ1) is 16.6. The van der Waals surface area contributed by atoms with Gasteiger partial charge in [0.2, 0.25) is 0 Å². The molecule has 2 aromatic carbocycles. The van der Waals surface area contributed by atoms with Crippen LogP contribution in [0.5, 0.6) is 0 Å². The van der Waals surface area contributed by atoms with E-state index in [4.69, 9.17) is 11.6 Å². The smallest absolute Gasteiger partial charge is 0.0798 e. The summed E-state index contributed by atoms with van der Waals surface area (Å²) in [6.45, 7) is 4.55. The van der Waals surface area contributed by atoms with Gasteiger partial charge in [0.15, 0.2) is 0 Å². The largest absolute Gasteiger partial charge is 0.360 e. The fraction of sp³-hybridized carbons (Fsp3) is 0.182. The van der Waals surface area contributed by atoms with Crippen molar-refractivity contribution in [3.63, 3.8) is 0 Å². The van der Waals surface area contributed by atoms with Gasteiger partial charge in [0, 0.05) is 23.4 Å². The molecular formula is C22H20ClN3. The Labute approximate surface area is 159 Å². The van der Waals surface area contributed by atoms with Crippen molar-refractivity contribution < 1.29 is 0 Å². The van der Waals surface area contributed by atoms with Gasteiger partial charge in [0.1, 0.15) is 0 Å². The number of hydrogen-bond donors (Lipinski definition) is 1. The first-order chi connectivity index (χ1) is 12.7. The summed E-state index contributed by atoms with van der Waals surface area (Å²) in [7, 11) is 0. The maximum atomic E-state index is 6.35. The molecule has 4 rings (SSSR count). The molecule has 0 atom stereocenters. The zero-order valence-corrected chi connectivity index (χ0v) is 15.4. The molecule has 0 aliphatic carbocycles. The summed E-state index contributed by atoms with van der Waals surface area (Å²) in [5.41, 5.74) is 9.28. The Morgan fingerprint density at radius 1 is 1.08 bits per heavy atom. The fourth-order valence-electron chi connectivity index (χ4n) is 3.26. The number of benzene rings is 2. The molecule has 26 heavy (non-hydrogen) atoms. The van der Waals surface area contributed by atoms with Gasteiger partial charge >= 0.3 is 0 Å². The van der Waals surface area contributed by atoms with Gasteiger partial charge in [-0.15, -0.1) is 0 Å². The Hall–Kier alpha value is -2.83. The number of rotatable bonds is 2. The molecule has 0 unspecified atom stereocenters. The first-order valence-electron chi connectivity index (χ1n) is 8.70. The lowest BCUT2D eigenvalue weighted by atomic mass is 10.1. The normalized spacial score (nSPS) is 15.8. The molecule has 3 nitrogen and oxygen atoms in total. The highest BCUT2D eigenvalue weighted by Gasteiger charge is 2.28. The van der Waals surface area contributed by atoms with Crippen LogP contribution >= 0.6 is 11.6 Å². The highest BCUT2D eigenvalue weighted by molar-refractivity contribution is 6.33.